The number of halogens is 1. The van der Waals surface area contributed by atoms with Gasteiger partial charge in [0.05, 0.1) is 13.3 Å². The molecule has 0 saturated heterocycles. The molecule has 5 aromatic rings. The first-order chi connectivity index (χ1) is 22.2. The van der Waals surface area contributed by atoms with Crippen LogP contribution < -0.4 is 25.0 Å². The molecule has 5 rings (SSSR count). The number of carbonyl (C=O) groups excluding carboxylic acids is 2. The summed E-state index contributed by atoms with van der Waals surface area (Å²) in [5.41, 5.74) is 8.10. The van der Waals surface area contributed by atoms with E-state index in [0.717, 1.165) is 28.3 Å². The minimum Gasteiger partial charge on any atom is -0.493 e. The molecule has 11 heteroatoms. The molecule has 0 aliphatic heterocycles. The minimum atomic E-state index is -0.521. The second-order valence-corrected chi connectivity index (χ2v) is 11.2. The van der Waals surface area contributed by atoms with Crippen molar-refractivity contribution in [2.75, 3.05) is 19.0 Å². The number of hydrazone groups is 1. The van der Waals surface area contributed by atoms with Gasteiger partial charge >= 0.3 is 5.91 Å². The van der Waals surface area contributed by atoms with E-state index in [0.29, 0.717) is 33.0 Å². The van der Waals surface area contributed by atoms with Gasteiger partial charge in [0.15, 0.2) is 23.9 Å². The van der Waals surface area contributed by atoms with Gasteiger partial charge < -0.3 is 28.5 Å². The number of methoxy groups -OCH3 is 1. The molecule has 236 valence electrons. The number of aryl methyl sites for hydroxylation is 3. The second-order valence-electron chi connectivity index (χ2n) is 10.4. The van der Waals surface area contributed by atoms with Crippen molar-refractivity contribution >= 4 is 39.6 Å². The van der Waals surface area contributed by atoms with Crippen LogP contribution in [0.3, 0.4) is 0 Å². The van der Waals surface area contributed by atoms with Gasteiger partial charge in [0.2, 0.25) is 0 Å². The Labute approximate surface area is 275 Å². The van der Waals surface area contributed by atoms with Crippen molar-refractivity contribution in [3.05, 3.63) is 123 Å². The number of carbonyl (C=O) groups is 2. The summed E-state index contributed by atoms with van der Waals surface area (Å²) in [5.74, 6) is 1.19. The Morgan fingerprint density at radius 3 is 2.37 bits per heavy atom. The molecule has 2 N–H and O–H groups in total. The molecule has 0 bridgehead atoms. The first kappa shape index (κ1) is 32.1. The maximum atomic E-state index is 12.6. The van der Waals surface area contributed by atoms with E-state index in [2.05, 4.69) is 62.3 Å². The lowest BCUT2D eigenvalue weighted by atomic mass is 10.2. The standard InChI is InChI=1S/C35H33BrN4O6/c1-22-7-5-6-8-30(22)38-34(41)21-45-33-18-29(36)25(17-32(33)43-4)19-37-39-35(42)31-16-15-28(46-31)20-44-27-13-11-26(12-14-27)40-23(2)9-10-24(40)3/h5-19H,20-21H2,1-4H3,(H,38,41)(H,39,42)/b37-19+. The predicted molar refractivity (Wildman–Crippen MR) is 179 cm³/mol. The first-order valence-corrected chi connectivity index (χ1v) is 15.2. The highest BCUT2D eigenvalue weighted by Gasteiger charge is 2.14. The fourth-order valence-electron chi connectivity index (χ4n) is 4.68. The molecule has 0 aliphatic rings. The molecule has 0 spiro atoms. The summed E-state index contributed by atoms with van der Waals surface area (Å²) in [7, 11) is 1.49. The number of hydrogen-bond acceptors (Lipinski definition) is 7. The number of anilines is 1. The molecule has 3 aromatic carbocycles. The molecule has 46 heavy (non-hydrogen) atoms. The molecule has 0 atom stereocenters. The van der Waals surface area contributed by atoms with E-state index < -0.39 is 5.91 Å². The van der Waals surface area contributed by atoms with E-state index >= 15 is 0 Å². The molecule has 0 radical (unpaired) electrons. The topological polar surface area (TPSA) is 116 Å². The second kappa shape index (κ2) is 14.7. The molecular weight excluding hydrogens is 652 g/mol. The van der Waals surface area contributed by atoms with Crippen molar-refractivity contribution in [2.45, 2.75) is 27.4 Å². The predicted octanol–water partition coefficient (Wildman–Crippen LogP) is 7.13. The van der Waals surface area contributed by atoms with Crippen LogP contribution in [0.15, 0.2) is 98.9 Å². The third kappa shape index (κ3) is 7.86. The van der Waals surface area contributed by atoms with E-state index in [4.69, 9.17) is 18.6 Å². The number of nitrogens with zero attached hydrogens (tertiary/aromatic N) is 2. The van der Waals surface area contributed by atoms with Crippen molar-refractivity contribution in [3.8, 4) is 22.9 Å². The first-order valence-electron chi connectivity index (χ1n) is 14.4. The molecule has 0 saturated carbocycles. The van der Waals surface area contributed by atoms with Gasteiger partial charge in [-0.25, -0.2) is 5.43 Å². The van der Waals surface area contributed by atoms with Crippen LogP contribution in [0.4, 0.5) is 5.69 Å². The Morgan fingerprint density at radius 2 is 1.65 bits per heavy atom. The van der Waals surface area contributed by atoms with Crippen LogP contribution >= 0.6 is 15.9 Å². The lowest BCUT2D eigenvalue weighted by Crippen LogP contribution is -2.20. The number of rotatable bonds is 12. The van der Waals surface area contributed by atoms with Crippen LogP contribution in [0.25, 0.3) is 5.69 Å². The van der Waals surface area contributed by atoms with Gasteiger partial charge in [-0.3, -0.25) is 9.59 Å². The number of para-hydroxylation sites is 1. The van der Waals surface area contributed by atoms with Gasteiger partial charge in [-0.05, 0) is 109 Å². The van der Waals surface area contributed by atoms with E-state index in [9.17, 15) is 9.59 Å². The highest BCUT2D eigenvalue weighted by atomic mass is 79.9. The Morgan fingerprint density at radius 1 is 0.913 bits per heavy atom. The van der Waals surface area contributed by atoms with Crippen molar-refractivity contribution in [1.29, 1.82) is 0 Å². The average Bonchev–Trinajstić information content (AvgIpc) is 3.67. The quantitative estimate of drug-likeness (QED) is 0.107. The molecule has 0 aliphatic carbocycles. The summed E-state index contributed by atoms with van der Waals surface area (Å²) in [6.07, 6.45) is 1.45. The number of aromatic nitrogens is 1. The smallest absolute Gasteiger partial charge is 0.307 e. The van der Waals surface area contributed by atoms with Crippen molar-refractivity contribution in [3.63, 3.8) is 0 Å². The van der Waals surface area contributed by atoms with Gasteiger partial charge in [-0.1, -0.05) is 18.2 Å². The summed E-state index contributed by atoms with van der Waals surface area (Å²) in [6, 6.07) is 26.0. The van der Waals surface area contributed by atoms with Gasteiger partial charge in [0.25, 0.3) is 5.91 Å². The lowest BCUT2D eigenvalue weighted by molar-refractivity contribution is -0.118. The largest absolute Gasteiger partial charge is 0.493 e. The number of amides is 2. The summed E-state index contributed by atoms with van der Waals surface area (Å²) in [5, 5.41) is 6.88. The van der Waals surface area contributed by atoms with E-state index in [1.165, 1.54) is 13.3 Å². The van der Waals surface area contributed by atoms with E-state index in [1.807, 2.05) is 55.5 Å². The Kier molecular flexibility index (Phi) is 10.2. The van der Waals surface area contributed by atoms with Gasteiger partial charge in [0.1, 0.15) is 18.1 Å². The normalized spacial score (nSPS) is 11.0. The SMILES string of the molecule is COc1cc(/C=N/NC(=O)c2ccc(COc3ccc(-n4c(C)ccc4C)cc3)o2)c(Br)cc1OCC(=O)Nc1ccccc1C. The maximum absolute atomic E-state index is 12.6. The Bertz CT molecular complexity index is 1860. The van der Waals surface area contributed by atoms with Crippen LogP contribution in [0, 0.1) is 20.8 Å². The molecule has 2 aromatic heterocycles. The third-order valence-corrected chi connectivity index (χ3v) is 7.75. The van der Waals surface area contributed by atoms with Crippen molar-refractivity contribution < 1.29 is 28.2 Å². The van der Waals surface area contributed by atoms with Gasteiger partial charge in [-0.2, -0.15) is 5.10 Å². The number of benzene rings is 3. The molecule has 0 unspecified atom stereocenters. The van der Waals surface area contributed by atoms with Gasteiger partial charge in [-0.15, -0.1) is 0 Å². The van der Waals surface area contributed by atoms with Crippen molar-refractivity contribution in [2.24, 2.45) is 5.10 Å². The third-order valence-electron chi connectivity index (χ3n) is 7.06. The fourth-order valence-corrected chi connectivity index (χ4v) is 5.10. The monoisotopic (exact) mass is 684 g/mol. The van der Waals surface area contributed by atoms with E-state index in [1.54, 1.807) is 24.3 Å². The number of hydrogen-bond donors (Lipinski definition) is 2. The molecule has 0 fully saturated rings. The van der Waals surface area contributed by atoms with Gasteiger partial charge in [0, 0.05) is 32.8 Å². The summed E-state index contributed by atoms with van der Waals surface area (Å²) in [6.45, 7) is 5.99. The van der Waals surface area contributed by atoms with Crippen LogP contribution in [-0.2, 0) is 11.4 Å². The summed E-state index contributed by atoms with van der Waals surface area (Å²) in [4.78, 5) is 25.1. The number of furan rings is 1. The zero-order chi connectivity index (χ0) is 32.6. The average molecular weight is 686 g/mol. The van der Waals surface area contributed by atoms with Crippen LogP contribution in [0.2, 0.25) is 0 Å². The molecular formula is C35H33BrN4O6. The minimum absolute atomic E-state index is 0.0917. The van der Waals surface area contributed by atoms with Crippen LogP contribution in [0.5, 0.6) is 17.2 Å². The summed E-state index contributed by atoms with van der Waals surface area (Å²) < 4.78 is 25.4. The van der Waals surface area contributed by atoms with Crippen LogP contribution in [0.1, 0.15) is 38.8 Å². The highest BCUT2D eigenvalue weighted by molar-refractivity contribution is 9.10. The number of ether oxygens (including phenoxy) is 3. The molecule has 2 heterocycles. The Hall–Kier alpha value is -5.29. The lowest BCUT2D eigenvalue weighted by Gasteiger charge is -2.13. The van der Waals surface area contributed by atoms with E-state index in [-0.39, 0.29) is 24.9 Å². The highest BCUT2D eigenvalue weighted by Crippen LogP contribution is 2.33. The fraction of sp³-hybridized carbons (Fsp3) is 0.171. The zero-order valence-corrected chi connectivity index (χ0v) is 27.4. The van der Waals surface area contributed by atoms with Crippen molar-refractivity contribution in [1.82, 2.24) is 9.99 Å². The Balaban J connectivity index is 1.13. The molecule has 10 nitrogen and oxygen atoms in total. The van der Waals surface area contributed by atoms with Crippen LogP contribution in [-0.4, -0.2) is 36.3 Å². The number of nitrogens with one attached hydrogen (secondary N) is 2. The zero-order valence-electron chi connectivity index (χ0n) is 25.8. The summed E-state index contributed by atoms with van der Waals surface area (Å²) >= 11 is 3.48. The maximum Gasteiger partial charge on any atom is 0.307 e. The molecule has 2 amide bonds.